The normalized spacial score (nSPS) is 11.6. The summed E-state index contributed by atoms with van der Waals surface area (Å²) in [4.78, 5) is 11.5. The first-order valence-electron chi connectivity index (χ1n) is 5.33. The van der Waals surface area contributed by atoms with Crippen molar-refractivity contribution >= 4 is 5.97 Å². The summed E-state index contributed by atoms with van der Waals surface area (Å²) in [5.74, 6) is -0.355. The fourth-order valence-corrected chi connectivity index (χ4v) is 1.44. The Bertz CT molecular complexity index is 407. The molecule has 0 fully saturated rings. The van der Waals surface area contributed by atoms with Gasteiger partial charge in [0.25, 0.3) is 0 Å². The third kappa shape index (κ3) is 3.39. The van der Waals surface area contributed by atoms with E-state index in [0.717, 1.165) is 5.56 Å². The molecule has 1 rings (SSSR count). The van der Waals surface area contributed by atoms with Crippen LogP contribution in [-0.4, -0.2) is 12.6 Å². The van der Waals surface area contributed by atoms with Crippen LogP contribution in [0.4, 0.5) is 0 Å². The van der Waals surface area contributed by atoms with Gasteiger partial charge in [-0.2, -0.15) is 5.26 Å². The number of ether oxygens (including phenoxy) is 1. The van der Waals surface area contributed by atoms with Gasteiger partial charge in [0.15, 0.2) is 0 Å². The highest BCUT2D eigenvalue weighted by atomic mass is 16.5. The van der Waals surface area contributed by atoms with Crippen LogP contribution >= 0.6 is 0 Å². The number of rotatable bonds is 4. The predicted molar refractivity (Wildman–Crippen MR) is 60.9 cm³/mol. The van der Waals surface area contributed by atoms with E-state index < -0.39 is 0 Å². The van der Waals surface area contributed by atoms with Crippen molar-refractivity contribution in [3.63, 3.8) is 0 Å². The van der Waals surface area contributed by atoms with Gasteiger partial charge in [-0.15, -0.1) is 0 Å². The molecule has 0 saturated heterocycles. The summed E-state index contributed by atoms with van der Waals surface area (Å²) in [5, 5.41) is 8.72. The molecule has 0 aliphatic heterocycles. The smallest absolute Gasteiger partial charge is 0.338 e. The second kappa shape index (κ2) is 5.92. The van der Waals surface area contributed by atoms with Gasteiger partial charge < -0.3 is 4.74 Å². The Morgan fingerprint density at radius 1 is 1.56 bits per heavy atom. The molecule has 1 aromatic rings. The highest BCUT2D eigenvalue weighted by Crippen LogP contribution is 2.11. The summed E-state index contributed by atoms with van der Waals surface area (Å²) in [6.07, 6.45) is 0.656. The molecule has 3 nitrogen and oxygen atoms in total. The molecule has 0 radical (unpaired) electrons. The van der Waals surface area contributed by atoms with Crippen LogP contribution in [0.1, 0.15) is 29.8 Å². The van der Waals surface area contributed by atoms with Gasteiger partial charge in [0.05, 0.1) is 18.2 Å². The zero-order chi connectivity index (χ0) is 12.0. The SMILES string of the molecule is CCOC(=O)c1cccc(CC(C)C#N)c1. The van der Waals surface area contributed by atoms with Gasteiger partial charge in [-0.3, -0.25) is 0 Å². The molecule has 0 aliphatic carbocycles. The van der Waals surface area contributed by atoms with Crippen LogP contribution < -0.4 is 0 Å². The molecule has 0 saturated carbocycles. The lowest BCUT2D eigenvalue weighted by Gasteiger charge is -2.05. The lowest BCUT2D eigenvalue weighted by Crippen LogP contribution is -2.05. The maximum Gasteiger partial charge on any atom is 0.338 e. The van der Waals surface area contributed by atoms with E-state index in [1.807, 2.05) is 19.1 Å². The van der Waals surface area contributed by atoms with Gasteiger partial charge in [-0.05, 0) is 38.0 Å². The highest BCUT2D eigenvalue weighted by Gasteiger charge is 2.08. The van der Waals surface area contributed by atoms with Crippen LogP contribution in [-0.2, 0) is 11.2 Å². The Kier molecular flexibility index (Phi) is 4.53. The van der Waals surface area contributed by atoms with Crippen molar-refractivity contribution in [3.8, 4) is 6.07 Å². The summed E-state index contributed by atoms with van der Waals surface area (Å²) in [5.41, 5.74) is 1.53. The van der Waals surface area contributed by atoms with E-state index in [1.165, 1.54) is 0 Å². The Balaban J connectivity index is 2.79. The minimum absolute atomic E-state index is 0.0440. The van der Waals surface area contributed by atoms with Gasteiger partial charge in [0.2, 0.25) is 0 Å². The topological polar surface area (TPSA) is 50.1 Å². The molecule has 3 heteroatoms. The number of hydrogen-bond donors (Lipinski definition) is 0. The van der Waals surface area contributed by atoms with E-state index in [1.54, 1.807) is 19.1 Å². The second-order valence-electron chi connectivity index (χ2n) is 3.66. The molecule has 1 unspecified atom stereocenters. The summed E-state index contributed by atoms with van der Waals surface area (Å²) in [7, 11) is 0. The number of carbonyl (C=O) groups excluding carboxylic acids is 1. The monoisotopic (exact) mass is 217 g/mol. The van der Waals surface area contributed by atoms with Crippen molar-refractivity contribution in [2.75, 3.05) is 6.61 Å². The molecule has 1 aromatic carbocycles. The molecular weight excluding hydrogens is 202 g/mol. The van der Waals surface area contributed by atoms with Crippen molar-refractivity contribution < 1.29 is 9.53 Å². The van der Waals surface area contributed by atoms with E-state index in [2.05, 4.69) is 6.07 Å². The van der Waals surface area contributed by atoms with Crippen molar-refractivity contribution in [2.24, 2.45) is 5.92 Å². The number of carbonyl (C=O) groups is 1. The van der Waals surface area contributed by atoms with Gasteiger partial charge >= 0.3 is 5.97 Å². The molecule has 0 heterocycles. The molecule has 0 N–H and O–H groups in total. The molecule has 0 aromatic heterocycles. The lowest BCUT2D eigenvalue weighted by molar-refractivity contribution is 0.0526. The number of esters is 1. The highest BCUT2D eigenvalue weighted by molar-refractivity contribution is 5.89. The fraction of sp³-hybridized carbons (Fsp3) is 0.385. The second-order valence-corrected chi connectivity index (χ2v) is 3.66. The Hall–Kier alpha value is -1.82. The van der Waals surface area contributed by atoms with Gasteiger partial charge in [0.1, 0.15) is 0 Å². The first-order valence-corrected chi connectivity index (χ1v) is 5.33. The Morgan fingerprint density at radius 2 is 2.31 bits per heavy atom. The zero-order valence-corrected chi connectivity index (χ0v) is 9.56. The lowest BCUT2D eigenvalue weighted by atomic mass is 10.0. The molecule has 16 heavy (non-hydrogen) atoms. The van der Waals surface area contributed by atoms with Crippen molar-refractivity contribution in [1.82, 2.24) is 0 Å². The average molecular weight is 217 g/mol. The summed E-state index contributed by atoms with van der Waals surface area (Å²) < 4.78 is 4.91. The number of nitriles is 1. The number of nitrogens with zero attached hydrogens (tertiary/aromatic N) is 1. The minimum atomic E-state index is -0.311. The van der Waals surface area contributed by atoms with Crippen LogP contribution in [0.2, 0.25) is 0 Å². The average Bonchev–Trinajstić information content (AvgIpc) is 2.29. The van der Waals surface area contributed by atoms with Gasteiger partial charge in [0, 0.05) is 5.92 Å². The van der Waals surface area contributed by atoms with Crippen LogP contribution in [0, 0.1) is 17.2 Å². The molecule has 84 valence electrons. The molecule has 1 atom stereocenters. The standard InChI is InChI=1S/C13H15NO2/c1-3-16-13(15)12-6-4-5-11(8-12)7-10(2)9-14/h4-6,8,10H,3,7H2,1-2H3. The first-order chi connectivity index (χ1) is 7.67. The van der Waals surface area contributed by atoms with E-state index in [0.29, 0.717) is 18.6 Å². The molecule has 0 spiro atoms. The molecule has 0 amide bonds. The quantitative estimate of drug-likeness (QED) is 0.728. The zero-order valence-electron chi connectivity index (χ0n) is 9.56. The predicted octanol–water partition coefficient (Wildman–Crippen LogP) is 2.57. The van der Waals surface area contributed by atoms with Gasteiger partial charge in [-0.1, -0.05) is 12.1 Å². The minimum Gasteiger partial charge on any atom is -0.462 e. The van der Waals surface area contributed by atoms with Crippen molar-refractivity contribution in [3.05, 3.63) is 35.4 Å². The van der Waals surface area contributed by atoms with E-state index in [-0.39, 0.29) is 11.9 Å². The van der Waals surface area contributed by atoms with Crippen LogP contribution in [0.5, 0.6) is 0 Å². The van der Waals surface area contributed by atoms with Crippen molar-refractivity contribution in [2.45, 2.75) is 20.3 Å². The summed E-state index contributed by atoms with van der Waals surface area (Å²) in [6.45, 7) is 4.01. The summed E-state index contributed by atoms with van der Waals surface area (Å²) >= 11 is 0. The van der Waals surface area contributed by atoms with E-state index in [4.69, 9.17) is 10.00 Å². The number of hydrogen-bond acceptors (Lipinski definition) is 3. The maximum absolute atomic E-state index is 11.5. The third-order valence-electron chi connectivity index (χ3n) is 2.20. The third-order valence-corrected chi connectivity index (χ3v) is 2.20. The van der Waals surface area contributed by atoms with Crippen LogP contribution in [0.25, 0.3) is 0 Å². The van der Waals surface area contributed by atoms with Gasteiger partial charge in [-0.25, -0.2) is 4.79 Å². The van der Waals surface area contributed by atoms with Crippen LogP contribution in [0.3, 0.4) is 0 Å². The fourth-order valence-electron chi connectivity index (χ4n) is 1.44. The largest absolute Gasteiger partial charge is 0.462 e. The number of benzene rings is 1. The van der Waals surface area contributed by atoms with E-state index in [9.17, 15) is 4.79 Å². The van der Waals surface area contributed by atoms with Crippen molar-refractivity contribution in [1.29, 1.82) is 5.26 Å². The van der Waals surface area contributed by atoms with Crippen LogP contribution in [0.15, 0.2) is 24.3 Å². The molecule has 0 bridgehead atoms. The van der Waals surface area contributed by atoms with E-state index >= 15 is 0 Å². The molecule has 0 aliphatic rings. The first kappa shape index (κ1) is 12.3. The maximum atomic E-state index is 11.5. The Morgan fingerprint density at radius 3 is 2.94 bits per heavy atom. The summed E-state index contributed by atoms with van der Waals surface area (Å²) in [6, 6.07) is 9.40. The Labute approximate surface area is 95.7 Å². The molecular formula is C13H15NO2.